The third-order valence-electron chi connectivity index (χ3n) is 4.89. The van der Waals surface area contributed by atoms with Crippen molar-refractivity contribution in [2.24, 2.45) is 0 Å². The standard InChI is InChI=1S/C22H12N2O/c1-13-15-6-2-4-8-19(15)24-20-9-5-3-7-16(20)22(25)18-11-14(12-23)10-17(13)21(18)24/h2-11H,1H2. The van der Waals surface area contributed by atoms with Crippen LogP contribution in [0.2, 0.25) is 0 Å². The van der Waals surface area contributed by atoms with E-state index in [4.69, 9.17) is 0 Å². The van der Waals surface area contributed by atoms with E-state index in [2.05, 4.69) is 17.0 Å². The summed E-state index contributed by atoms with van der Waals surface area (Å²) in [5.41, 5.74) is 3.12. The second-order valence-corrected chi connectivity index (χ2v) is 6.21. The van der Waals surface area contributed by atoms with Gasteiger partial charge >= 0.3 is 0 Å². The Kier molecular flexibility index (Phi) is 2.58. The molecule has 3 aromatic carbocycles. The molecule has 0 spiro atoms. The van der Waals surface area contributed by atoms with Gasteiger partial charge in [-0.3, -0.25) is 4.79 Å². The maximum atomic E-state index is 13.1. The molecule has 5 rings (SSSR count). The van der Waals surface area contributed by atoms with Crippen molar-refractivity contribution in [1.82, 2.24) is 4.40 Å². The Morgan fingerprint density at radius 3 is 2.16 bits per heavy atom. The Morgan fingerprint density at radius 1 is 0.840 bits per heavy atom. The Labute approximate surface area is 142 Å². The van der Waals surface area contributed by atoms with Gasteiger partial charge in [0.15, 0.2) is 5.43 Å². The van der Waals surface area contributed by atoms with Gasteiger partial charge < -0.3 is 4.40 Å². The summed E-state index contributed by atoms with van der Waals surface area (Å²) in [7, 11) is 0. The number of benzene rings is 3. The highest BCUT2D eigenvalue weighted by Crippen LogP contribution is 2.27. The average Bonchev–Trinajstić information content (AvgIpc) is 2.67. The third-order valence-corrected chi connectivity index (χ3v) is 4.89. The smallest absolute Gasteiger partial charge is 0.197 e. The van der Waals surface area contributed by atoms with Crippen molar-refractivity contribution in [3.05, 3.63) is 81.7 Å². The fourth-order valence-corrected chi connectivity index (χ4v) is 3.79. The molecule has 0 radical (unpaired) electrons. The van der Waals surface area contributed by atoms with Crippen LogP contribution >= 0.6 is 0 Å². The first-order valence-electron chi connectivity index (χ1n) is 8.01. The van der Waals surface area contributed by atoms with Crippen molar-refractivity contribution >= 4 is 44.7 Å². The van der Waals surface area contributed by atoms with Gasteiger partial charge in [-0.15, -0.1) is 0 Å². The number of para-hydroxylation sites is 2. The van der Waals surface area contributed by atoms with E-state index in [0.29, 0.717) is 16.3 Å². The molecule has 0 aliphatic heterocycles. The van der Waals surface area contributed by atoms with Crippen LogP contribution in [0.5, 0.6) is 0 Å². The Bertz CT molecular complexity index is 1380. The van der Waals surface area contributed by atoms with Crippen LogP contribution in [0.15, 0.2) is 65.5 Å². The number of nitrogens with zero attached hydrogens (tertiary/aromatic N) is 2. The molecule has 0 aliphatic carbocycles. The van der Waals surface area contributed by atoms with Crippen LogP contribution in [0, 0.1) is 11.3 Å². The molecule has 0 amide bonds. The van der Waals surface area contributed by atoms with Crippen LogP contribution in [0.3, 0.4) is 0 Å². The van der Waals surface area contributed by atoms with Gasteiger partial charge in [-0.2, -0.15) is 5.26 Å². The molecule has 3 nitrogen and oxygen atoms in total. The quantitative estimate of drug-likeness (QED) is 0.322. The lowest BCUT2D eigenvalue weighted by molar-refractivity contribution is 1.31. The normalized spacial score (nSPS) is 11.5. The predicted molar refractivity (Wildman–Crippen MR) is 102 cm³/mol. The summed E-state index contributed by atoms with van der Waals surface area (Å²) < 4.78 is 2.12. The molecule has 0 N–H and O–H groups in total. The molecule has 25 heavy (non-hydrogen) atoms. The Balaban J connectivity index is 2.34. The van der Waals surface area contributed by atoms with Gasteiger partial charge in [0.2, 0.25) is 0 Å². The first-order valence-corrected chi connectivity index (χ1v) is 8.01. The lowest BCUT2D eigenvalue weighted by Crippen LogP contribution is -2.14. The van der Waals surface area contributed by atoms with Gasteiger partial charge in [-0.05, 0) is 35.6 Å². The Morgan fingerprint density at radius 2 is 1.44 bits per heavy atom. The van der Waals surface area contributed by atoms with Crippen LogP contribution in [0.1, 0.15) is 5.56 Å². The highest BCUT2D eigenvalue weighted by molar-refractivity contribution is 6.08. The molecule has 3 heteroatoms. The minimum Gasteiger partial charge on any atom is -0.308 e. The molecule has 5 aromatic rings. The van der Waals surface area contributed by atoms with Crippen molar-refractivity contribution in [1.29, 1.82) is 5.26 Å². The number of hydrogen-bond donors (Lipinski definition) is 0. The van der Waals surface area contributed by atoms with E-state index in [-0.39, 0.29) is 5.43 Å². The number of aromatic nitrogens is 1. The van der Waals surface area contributed by atoms with Gasteiger partial charge in [0.05, 0.1) is 28.2 Å². The monoisotopic (exact) mass is 320 g/mol. The van der Waals surface area contributed by atoms with Gasteiger partial charge in [-0.25, -0.2) is 0 Å². The van der Waals surface area contributed by atoms with Gasteiger partial charge in [-0.1, -0.05) is 36.9 Å². The van der Waals surface area contributed by atoms with Crippen molar-refractivity contribution in [3.63, 3.8) is 0 Å². The molecule has 0 unspecified atom stereocenters. The van der Waals surface area contributed by atoms with E-state index >= 15 is 0 Å². The van der Waals surface area contributed by atoms with Crippen molar-refractivity contribution in [2.75, 3.05) is 0 Å². The topological polar surface area (TPSA) is 45.3 Å². The van der Waals surface area contributed by atoms with Crippen LogP contribution in [-0.2, 0) is 0 Å². The largest absolute Gasteiger partial charge is 0.308 e. The lowest BCUT2D eigenvalue weighted by atomic mass is 9.99. The first-order chi connectivity index (χ1) is 12.2. The summed E-state index contributed by atoms with van der Waals surface area (Å²) >= 11 is 0. The van der Waals surface area contributed by atoms with Crippen molar-refractivity contribution < 1.29 is 0 Å². The molecule has 0 saturated carbocycles. The number of hydrogen-bond acceptors (Lipinski definition) is 2. The zero-order chi connectivity index (χ0) is 17.1. The zero-order valence-corrected chi connectivity index (χ0v) is 13.3. The first kappa shape index (κ1) is 13.8. The van der Waals surface area contributed by atoms with Crippen LogP contribution < -0.4 is 10.6 Å². The number of pyridine rings is 2. The SMILES string of the molecule is C=c1c2ccccc2n2c3ccccc3c(=O)c3cc(C#N)cc1c32. The van der Waals surface area contributed by atoms with E-state index in [0.717, 1.165) is 32.5 Å². The van der Waals surface area contributed by atoms with Gasteiger partial charge in [0.25, 0.3) is 0 Å². The van der Waals surface area contributed by atoms with E-state index in [1.807, 2.05) is 54.6 Å². The molecule has 2 heterocycles. The minimum absolute atomic E-state index is 0.0487. The number of fused-ring (bicyclic) bond motifs is 4. The van der Waals surface area contributed by atoms with Gasteiger partial charge in [0, 0.05) is 21.5 Å². The predicted octanol–water partition coefficient (Wildman–Crippen LogP) is 3.76. The number of rotatable bonds is 0. The maximum absolute atomic E-state index is 13.1. The molecular formula is C22H12N2O. The molecule has 0 atom stereocenters. The fraction of sp³-hybridized carbons (Fsp3) is 0. The lowest BCUT2D eigenvalue weighted by Gasteiger charge is -2.15. The molecule has 0 bridgehead atoms. The minimum atomic E-state index is -0.0487. The van der Waals surface area contributed by atoms with Crippen LogP contribution in [0.25, 0.3) is 44.7 Å². The average molecular weight is 320 g/mol. The van der Waals surface area contributed by atoms with E-state index in [1.54, 1.807) is 6.07 Å². The summed E-state index contributed by atoms with van der Waals surface area (Å²) in [6, 6.07) is 21.3. The molecule has 116 valence electrons. The number of nitriles is 1. The van der Waals surface area contributed by atoms with E-state index in [9.17, 15) is 10.1 Å². The van der Waals surface area contributed by atoms with Crippen LogP contribution in [0.4, 0.5) is 0 Å². The third kappa shape index (κ3) is 1.66. The van der Waals surface area contributed by atoms with E-state index in [1.165, 1.54) is 0 Å². The second-order valence-electron chi connectivity index (χ2n) is 6.21. The maximum Gasteiger partial charge on any atom is 0.197 e. The molecular weight excluding hydrogens is 308 g/mol. The van der Waals surface area contributed by atoms with Crippen molar-refractivity contribution in [2.45, 2.75) is 0 Å². The second kappa shape index (κ2) is 4.68. The summed E-state index contributed by atoms with van der Waals surface area (Å²) in [5.74, 6) is 0. The molecule has 0 saturated heterocycles. The highest BCUT2D eigenvalue weighted by Gasteiger charge is 2.15. The van der Waals surface area contributed by atoms with Crippen molar-refractivity contribution in [3.8, 4) is 6.07 Å². The summed E-state index contributed by atoms with van der Waals surface area (Å²) in [4.78, 5) is 13.1. The summed E-state index contributed by atoms with van der Waals surface area (Å²) in [5, 5.41) is 13.3. The molecule has 0 aliphatic rings. The molecule has 2 aromatic heterocycles. The van der Waals surface area contributed by atoms with Gasteiger partial charge in [0.1, 0.15) is 0 Å². The Hall–Kier alpha value is -3.64. The van der Waals surface area contributed by atoms with Crippen LogP contribution in [-0.4, -0.2) is 4.40 Å². The fourth-order valence-electron chi connectivity index (χ4n) is 3.79. The zero-order valence-electron chi connectivity index (χ0n) is 13.3. The van der Waals surface area contributed by atoms with E-state index < -0.39 is 0 Å². The summed E-state index contributed by atoms with van der Waals surface area (Å²) in [6.45, 7) is 4.24. The molecule has 0 fully saturated rings. The highest BCUT2D eigenvalue weighted by atomic mass is 16.1. The summed E-state index contributed by atoms with van der Waals surface area (Å²) in [6.07, 6.45) is 0.